The molecule has 0 spiro atoms. The van der Waals surface area contributed by atoms with Crippen LogP contribution < -0.4 is 16.1 Å². The molecule has 0 amide bonds. The van der Waals surface area contributed by atoms with Crippen molar-refractivity contribution < 1.29 is 47.0 Å². The van der Waals surface area contributed by atoms with Gasteiger partial charge in [-0.2, -0.15) is 9.97 Å². The van der Waals surface area contributed by atoms with Crippen LogP contribution in [-0.4, -0.2) is 74.0 Å². The number of halogens is 1. The number of aliphatic hydroxyl groups is 2. The van der Waals surface area contributed by atoms with Gasteiger partial charge in [0, 0.05) is 0 Å². The van der Waals surface area contributed by atoms with Crippen LogP contribution in [0.4, 0.5) is 10.3 Å². The number of phosphoric ester groups is 1. The highest BCUT2D eigenvalue weighted by atomic mass is 31.2. The number of benzene rings is 1. The molecule has 3 rings (SSSR count). The van der Waals surface area contributed by atoms with Crippen LogP contribution in [0.25, 0.3) is 0 Å². The van der Waals surface area contributed by atoms with E-state index in [9.17, 15) is 28.8 Å². The molecule has 1 aliphatic rings. The van der Waals surface area contributed by atoms with Gasteiger partial charge in [-0.05, 0) is 32.9 Å². The fourth-order valence-corrected chi connectivity index (χ4v) is 4.85. The molecule has 41 heavy (non-hydrogen) atoms. The Labute approximate surface area is 232 Å². The second-order valence-electron chi connectivity index (χ2n) is 8.67. The number of esters is 1. The first-order chi connectivity index (χ1) is 19.4. The van der Waals surface area contributed by atoms with E-state index in [1.54, 1.807) is 32.0 Å². The number of phosphoric acid groups is 1. The first-order valence-corrected chi connectivity index (χ1v) is 13.4. The van der Waals surface area contributed by atoms with Gasteiger partial charge >= 0.3 is 19.5 Å². The standard InChI is InChI=1S/C23H28FN6O10P/c1-14(2)37-19(32)15(3)39-41(35,40-16-8-5-4-6-9-16)36-12-17-18(31)23(34,10-7-11-24)20(38-17)30-13-26-21(28-29-25)27-22(30)33/h4-6,8-9,13-15,17-18,20,31,34H,11-12H2,1-3H3,(H2,25,27,28,33)/t15-,17?,18?,20+,23+,41?/m0/s1. The summed E-state index contributed by atoms with van der Waals surface area (Å²) >= 11 is 0. The van der Waals surface area contributed by atoms with E-state index in [4.69, 9.17) is 28.9 Å². The monoisotopic (exact) mass is 598 g/mol. The van der Waals surface area contributed by atoms with Gasteiger partial charge in [-0.1, -0.05) is 40.4 Å². The number of carbonyl (C=O) groups excluding carboxylic acids is 1. The van der Waals surface area contributed by atoms with Crippen LogP contribution in [0.5, 0.6) is 5.75 Å². The number of hydrogen-bond acceptors (Lipinski definition) is 14. The summed E-state index contributed by atoms with van der Waals surface area (Å²) in [4.78, 5) is 32.1. The Morgan fingerprint density at radius 3 is 2.66 bits per heavy atom. The van der Waals surface area contributed by atoms with Crippen molar-refractivity contribution in [1.29, 1.82) is 0 Å². The summed E-state index contributed by atoms with van der Waals surface area (Å²) in [6.45, 7) is 2.48. The molecule has 1 aromatic heterocycles. The normalized spacial score (nSPS) is 24.4. The predicted octanol–water partition coefficient (Wildman–Crippen LogP) is 1.12. The highest BCUT2D eigenvalue weighted by molar-refractivity contribution is 7.49. The van der Waals surface area contributed by atoms with Crippen molar-refractivity contribution in [2.75, 3.05) is 13.3 Å². The average molecular weight is 598 g/mol. The van der Waals surface area contributed by atoms with Crippen LogP contribution in [0.2, 0.25) is 0 Å². The maximum atomic E-state index is 13.6. The highest BCUT2D eigenvalue weighted by Gasteiger charge is 2.57. The summed E-state index contributed by atoms with van der Waals surface area (Å²) in [6, 6.07) is 7.71. The molecule has 1 saturated heterocycles. The molecule has 18 heteroatoms. The molecule has 2 aromatic rings. The number of carbonyl (C=O) groups is 1. The molecule has 0 radical (unpaired) electrons. The number of aromatic nitrogens is 3. The molecule has 16 nitrogen and oxygen atoms in total. The third kappa shape index (κ3) is 7.91. The summed E-state index contributed by atoms with van der Waals surface area (Å²) in [5.74, 6) is 7.83. The zero-order valence-corrected chi connectivity index (χ0v) is 23.0. The van der Waals surface area contributed by atoms with Crippen molar-refractivity contribution in [3.63, 3.8) is 0 Å². The van der Waals surface area contributed by atoms with Crippen LogP contribution in [-0.2, 0) is 27.9 Å². The lowest BCUT2D eigenvalue weighted by Crippen LogP contribution is -2.48. The summed E-state index contributed by atoms with van der Waals surface area (Å²) < 4.78 is 54.0. The number of nitrogens with zero attached hydrogens (tertiary/aromatic N) is 5. The first-order valence-electron chi connectivity index (χ1n) is 12.0. The van der Waals surface area contributed by atoms with Crippen LogP contribution in [0.15, 0.2) is 51.8 Å². The maximum absolute atomic E-state index is 13.6. The Kier molecular flexibility index (Phi) is 10.6. The predicted molar refractivity (Wildman–Crippen MR) is 136 cm³/mol. The second-order valence-corrected chi connectivity index (χ2v) is 10.2. The zero-order valence-electron chi connectivity index (χ0n) is 22.1. The average Bonchev–Trinajstić information content (AvgIpc) is 3.16. The van der Waals surface area contributed by atoms with E-state index in [0.29, 0.717) is 4.57 Å². The Morgan fingerprint density at radius 1 is 1.34 bits per heavy atom. The van der Waals surface area contributed by atoms with E-state index in [0.717, 1.165) is 6.33 Å². The Bertz CT molecular complexity index is 1400. The minimum Gasteiger partial charge on any atom is -0.461 e. The molecule has 1 fully saturated rings. The maximum Gasteiger partial charge on any atom is 0.530 e. The SMILES string of the molecule is CC(C)OC(=O)[C@H](C)OP(=O)(OCC1O[C@@H](n2cnc(N=NN)nc2=O)[C@@](O)(C#CCF)C1O)Oc1ccccc1. The summed E-state index contributed by atoms with van der Waals surface area (Å²) in [5, 5.41) is 28.4. The van der Waals surface area contributed by atoms with Crippen molar-refractivity contribution >= 4 is 19.7 Å². The molecule has 0 aliphatic carbocycles. The Morgan fingerprint density at radius 2 is 2.05 bits per heavy atom. The van der Waals surface area contributed by atoms with E-state index >= 15 is 0 Å². The van der Waals surface area contributed by atoms with Gasteiger partial charge in [0.1, 0.15) is 31.0 Å². The first kappa shape index (κ1) is 31.7. The molecule has 0 saturated carbocycles. The van der Waals surface area contributed by atoms with Crippen molar-refractivity contribution in [2.24, 2.45) is 16.2 Å². The number of ether oxygens (including phenoxy) is 2. The van der Waals surface area contributed by atoms with Gasteiger partial charge in [-0.3, -0.25) is 13.6 Å². The minimum absolute atomic E-state index is 0.0507. The van der Waals surface area contributed by atoms with Gasteiger partial charge in [-0.25, -0.2) is 18.5 Å². The fraction of sp³-hybridized carbons (Fsp3) is 0.478. The van der Waals surface area contributed by atoms with Gasteiger partial charge in [-0.15, -0.1) is 0 Å². The summed E-state index contributed by atoms with van der Waals surface area (Å²) in [6.07, 6.45) is -6.36. The molecule has 1 aliphatic heterocycles. The number of alkyl halides is 1. The number of nitrogens with two attached hydrogens (primary N) is 1. The lowest BCUT2D eigenvalue weighted by molar-refractivity contribution is -0.156. The summed E-state index contributed by atoms with van der Waals surface area (Å²) in [7, 11) is -4.65. The molecule has 1 aromatic carbocycles. The van der Waals surface area contributed by atoms with Crippen LogP contribution in [0.1, 0.15) is 27.0 Å². The van der Waals surface area contributed by atoms with Crippen molar-refractivity contribution in [3.05, 3.63) is 47.1 Å². The fourth-order valence-electron chi connectivity index (χ4n) is 3.51. The third-order valence-electron chi connectivity index (χ3n) is 5.28. The Hall–Kier alpha value is -3.78. The number of para-hydroxylation sites is 1. The minimum atomic E-state index is -4.65. The molecule has 222 valence electrons. The molecule has 6 atom stereocenters. The van der Waals surface area contributed by atoms with Crippen LogP contribution in [0, 0.1) is 11.8 Å². The molecule has 2 heterocycles. The van der Waals surface area contributed by atoms with Crippen molar-refractivity contribution in [3.8, 4) is 17.6 Å². The van der Waals surface area contributed by atoms with Crippen molar-refractivity contribution in [1.82, 2.24) is 14.5 Å². The number of rotatable bonds is 11. The van der Waals surface area contributed by atoms with E-state index in [1.807, 2.05) is 5.92 Å². The molecule has 4 N–H and O–H groups in total. The smallest absolute Gasteiger partial charge is 0.461 e. The van der Waals surface area contributed by atoms with Crippen LogP contribution in [0.3, 0.4) is 0 Å². The van der Waals surface area contributed by atoms with Gasteiger partial charge < -0.3 is 30.1 Å². The van der Waals surface area contributed by atoms with Crippen molar-refractivity contribution in [2.45, 2.75) is 57.0 Å². The van der Waals surface area contributed by atoms with E-state index in [-0.39, 0.29) is 5.75 Å². The zero-order chi connectivity index (χ0) is 30.2. The topological polar surface area (TPSA) is 219 Å². The lowest BCUT2D eigenvalue weighted by atomic mass is 9.94. The molecule has 3 unspecified atom stereocenters. The highest BCUT2D eigenvalue weighted by Crippen LogP contribution is 2.51. The van der Waals surface area contributed by atoms with Gasteiger partial charge in [0.2, 0.25) is 0 Å². The third-order valence-corrected chi connectivity index (χ3v) is 6.76. The number of aliphatic hydroxyl groups excluding tert-OH is 1. The van der Waals surface area contributed by atoms with Gasteiger partial charge in [0.25, 0.3) is 5.95 Å². The summed E-state index contributed by atoms with van der Waals surface area (Å²) in [5.41, 5.74) is -3.66. The largest absolute Gasteiger partial charge is 0.530 e. The quantitative estimate of drug-likeness (QED) is 0.0825. The molecule has 0 bridgehead atoms. The number of hydrogen-bond donors (Lipinski definition) is 3. The van der Waals surface area contributed by atoms with E-state index in [2.05, 4.69) is 26.2 Å². The molecular formula is C23H28FN6O10P. The molecular weight excluding hydrogens is 570 g/mol. The van der Waals surface area contributed by atoms with Crippen LogP contribution >= 0.6 is 7.82 Å². The van der Waals surface area contributed by atoms with Gasteiger partial charge in [0.15, 0.2) is 17.9 Å². The Balaban J connectivity index is 1.89. The van der Waals surface area contributed by atoms with E-state index < -0.39 is 75.0 Å². The van der Waals surface area contributed by atoms with E-state index in [1.165, 1.54) is 19.1 Å². The lowest BCUT2D eigenvalue weighted by Gasteiger charge is -2.26. The second kappa shape index (κ2) is 13.7. The van der Waals surface area contributed by atoms with Gasteiger partial charge in [0.05, 0.1) is 12.7 Å².